The summed E-state index contributed by atoms with van der Waals surface area (Å²) < 4.78 is 0. The summed E-state index contributed by atoms with van der Waals surface area (Å²) in [5.74, 6) is 0.122. The summed E-state index contributed by atoms with van der Waals surface area (Å²) in [5.41, 5.74) is 3.04. The molecule has 1 aliphatic carbocycles. The predicted octanol–water partition coefficient (Wildman–Crippen LogP) is 3.55. The van der Waals surface area contributed by atoms with Crippen LogP contribution in [0.1, 0.15) is 18.9 Å². The molecule has 0 saturated heterocycles. The highest BCUT2D eigenvalue weighted by atomic mass is 16.1. The van der Waals surface area contributed by atoms with Gasteiger partial charge >= 0.3 is 0 Å². The van der Waals surface area contributed by atoms with Crippen LogP contribution in [0.2, 0.25) is 0 Å². The number of benzene rings is 1. The van der Waals surface area contributed by atoms with E-state index in [0.717, 1.165) is 23.1 Å². The molecule has 0 unspecified atom stereocenters. The Labute approximate surface area is 95.8 Å². The Morgan fingerprint density at radius 3 is 2.62 bits per heavy atom. The number of rotatable bonds is 2. The highest BCUT2D eigenvalue weighted by molar-refractivity contribution is 5.99. The van der Waals surface area contributed by atoms with E-state index in [9.17, 15) is 4.79 Å². The Morgan fingerprint density at radius 1 is 1.19 bits per heavy atom. The summed E-state index contributed by atoms with van der Waals surface area (Å²) >= 11 is 0. The number of carbonyl (C=O) groups is 1. The lowest BCUT2D eigenvalue weighted by atomic mass is 10.0. The maximum absolute atomic E-state index is 11.4. The fourth-order valence-corrected chi connectivity index (χ4v) is 1.72. The van der Waals surface area contributed by atoms with Crippen molar-refractivity contribution in [2.24, 2.45) is 0 Å². The van der Waals surface area contributed by atoms with Crippen molar-refractivity contribution in [3.63, 3.8) is 0 Å². The molecule has 0 radical (unpaired) electrons. The Balaban J connectivity index is 2.41. The van der Waals surface area contributed by atoms with Crippen molar-refractivity contribution in [3.8, 4) is 0 Å². The molecule has 0 amide bonds. The fraction of sp³-hybridized carbons (Fsp3) is 0.133. The molecule has 1 nitrogen and oxygen atoms in total. The highest BCUT2D eigenvalue weighted by Gasteiger charge is 2.05. The summed E-state index contributed by atoms with van der Waals surface area (Å²) in [6, 6.07) is 10.1. The van der Waals surface area contributed by atoms with Gasteiger partial charge in [-0.05, 0) is 30.6 Å². The molecule has 1 aromatic carbocycles. The van der Waals surface area contributed by atoms with E-state index in [2.05, 4.69) is 24.3 Å². The van der Waals surface area contributed by atoms with E-state index in [-0.39, 0.29) is 5.78 Å². The van der Waals surface area contributed by atoms with Crippen LogP contribution in [0.15, 0.2) is 60.2 Å². The van der Waals surface area contributed by atoms with E-state index in [1.165, 1.54) is 0 Å². The minimum absolute atomic E-state index is 0.122. The average molecular weight is 210 g/mol. The van der Waals surface area contributed by atoms with Gasteiger partial charge in [-0.2, -0.15) is 0 Å². The molecular formula is C15H14O. The SMILES string of the molecule is CC(=O)C1=CCC=CC(c2ccccc2)=C1. The molecule has 0 N–H and O–H groups in total. The molecule has 0 aliphatic heterocycles. The predicted molar refractivity (Wildman–Crippen MR) is 66.9 cm³/mol. The molecule has 1 aliphatic rings. The van der Waals surface area contributed by atoms with Gasteiger partial charge in [0.05, 0.1) is 0 Å². The summed E-state index contributed by atoms with van der Waals surface area (Å²) in [7, 11) is 0. The van der Waals surface area contributed by atoms with Gasteiger partial charge in [0, 0.05) is 5.57 Å². The lowest BCUT2D eigenvalue weighted by Gasteiger charge is -2.02. The van der Waals surface area contributed by atoms with Gasteiger partial charge in [0.1, 0.15) is 0 Å². The van der Waals surface area contributed by atoms with Crippen LogP contribution in [0.25, 0.3) is 5.57 Å². The van der Waals surface area contributed by atoms with Crippen molar-refractivity contribution in [2.75, 3.05) is 0 Å². The summed E-state index contributed by atoms with van der Waals surface area (Å²) in [5, 5.41) is 0. The number of hydrogen-bond acceptors (Lipinski definition) is 1. The monoisotopic (exact) mass is 210 g/mol. The van der Waals surface area contributed by atoms with Crippen LogP contribution < -0.4 is 0 Å². The van der Waals surface area contributed by atoms with Crippen LogP contribution in [0.3, 0.4) is 0 Å². The third kappa shape index (κ3) is 2.37. The van der Waals surface area contributed by atoms with Crippen molar-refractivity contribution in [3.05, 3.63) is 65.8 Å². The maximum atomic E-state index is 11.4. The van der Waals surface area contributed by atoms with Gasteiger partial charge in [-0.3, -0.25) is 4.79 Å². The van der Waals surface area contributed by atoms with Crippen LogP contribution >= 0.6 is 0 Å². The molecule has 0 fully saturated rings. The van der Waals surface area contributed by atoms with Crippen LogP contribution in [0.5, 0.6) is 0 Å². The first-order valence-electron chi connectivity index (χ1n) is 5.42. The fourth-order valence-electron chi connectivity index (χ4n) is 1.72. The Hall–Kier alpha value is -1.89. The van der Waals surface area contributed by atoms with E-state index in [1.807, 2.05) is 30.4 Å². The number of Topliss-reactive ketones (excluding diaryl/α,β-unsaturated/α-hetero) is 1. The van der Waals surface area contributed by atoms with Gasteiger partial charge in [0.15, 0.2) is 5.78 Å². The zero-order valence-corrected chi connectivity index (χ0v) is 9.31. The standard InChI is InChI=1S/C15H14O/c1-12(16)14-9-5-6-10-15(11-14)13-7-3-2-4-8-13/h2-4,6-11H,5H2,1H3. The molecule has 0 bridgehead atoms. The minimum atomic E-state index is 0.122. The van der Waals surface area contributed by atoms with E-state index in [4.69, 9.17) is 0 Å². The summed E-state index contributed by atoms with van der Waals surface area (Å²) in [6.45, 7) is 1.61. The molecule has 0 spiro atoms. The van der Waals surface area contributed by atoms with E-state index in [1.54, 1.807) is 6.92 Å². The Bertz CT molecular complexity index is 475. The highest BCUT2D eigenvalue weighted by Crippen LogP contribution is 2.21. The Morgan fingerprint density at radius 2 is 1.94 bits per heavy atom. The van der Waals surface area contributed by atoms with Gasteiger partial charge in [0.25, 0.3) is 0 Å². The number of ketones is 1. The van der Waals surface area contributed by atoms with Crippen molar-refractivity contribution in [1.82, 2.24) is 0 Å². The molecule has 1 heteroatoms. The Kier molecular flexibility index (Phi) is 3.16. The zero-order valence-electron chi connectivity index (χ0n) is 9.31. The van der Waals surface area contributed by atoms with E-state index >= 15 is 0 Å². The topological polar surface area (TPSA) is 17.1 Å². The normalized spacial score (nSPS) is 15.1. The molecule has 80 valence electrons. The molecule has 16 heavy (non-hydrogen) atoms. The second-order valence-corrected chi connectivity index (χ2v) is 3.82. The number of hydrogen-bond donors (Lipinski definition) is 0. The largest absolute Gasteiger partial charge is 0.295 e. The first-order chi connectivity index (χ1) is 7.77. The van der Waals surface area contributed by atoms with Crippen LogP contribution in [0, 0.1) is 0 Å². The van der Waals surface area contributed by atoms with Gasteiger partial charge in [-0.25, -0.2) is 0 Å². The quantitative estimate of drug-likeness (QED) is 0.729. The minimum Gasteiger partial charge on any atom is -0.295 e. The average Bonchev–Trinajstić information content (AvgIpc) is 2.56. The second kappa shape index (κ2) is 4.75. The van der Waals surface area contributed by atoms with Gasteiger partial charge < -0.3 is 0 Å². The lowest BCUT2D eigenvalue weighted by molar-refractivity contribution is -0.113. The first kappa shape index (κ1) is 10.6. The molecule has 0 heterocycles. The third-order valence-electron chi connectivity index (χ3n) is 2.60. The first-order valence-corrected chi connectivity index (χ1v) is 5.42. The second-order valence-electron chi connectivity index (χ2n) is 3.82. The van der Waals surface area contributed by atoms with Crippen molar-refractivity contribution < 1.29 is 4.79 Å². The number of carbonyl (C=O) groups excluding carboxylic acids is 1. The third-order valence-corrected chi connectivity index (χ3v) is 2.60. The lowest BCUT2D eigenvalue weighted by Crippen LogP contribution is -1.93. The van der Waals surface area contributed by atoms with Crippen LogP contribution in [-0.2, 0) is 4.79 Å². The van der Waals surface area contributed by atoms with Crippen molar-refractivity contribution in [2.45, 2.75) is 13.3 Å². The van der Waals surface area contributed by atoms with Gasteiger partial charge in [0.2, 0.25) is 0 Å². The molecule has 1 aromatic rings. The molecule has 0 atom stereocenters. The molecule has 0 aromatic heterocycles. The van der Waals surface area contributed by atoms with E-state index in [0.29, 0.717) is 0 Å². The van der Waals surface area contributed by atoms with Gasteiger partial charge in [-0.1, -0.05) is 48.6 Å². The summed E-state index contributed by atoms with van der Waals surface area (Å²) in [6.07, 6.45) is 8.90. The van der Waals surface area contributed by atoms with E-state index < -0.39 is 0 Å². The maximum Gasteiger partial charge on any atom is 0.159 e. The zero-order chi connectivity index (χ0) is 11.4. The van der Waals surface area contributed by atoms with Crippen molar-refractivity contribution in [1.29, 1.82) is 0 Å². The van der Waals surface area contributed by atoms with Gasteiger partial charge in [-0.15, -0.1) is 0 Å². The molecule has 2 rings (SSSR count). The molecular weight excluding hydrogens is 196 g/mol. The van der Waals surface area contributed by atoms with Crippen LogP contribution in [0.4, 0.5) is 0 Å². The molecule has 0 saturated carbocycles. The van der Waals surface area contributed by atoms with Crippen LogP contribution in [-0.4, -0.2) is 5.78 Å². The van der Waals surface area contributed by atoms with Crippen molar-refractivity contribution >= 4 is 11.4 Å². The summed E-state index contributed by atoms with van der Waals surface area (Å²) in [4.78, 5) is 11.4. The smallest absolute Gasteiger partial charge is 0.159 e. The number of allylic oxidation sites excluding steroid dienone is 6.